The Morgan fingerprint density at radius 3 is 3.00 bits per heavy atom. The Morgan fingerprint density at radius 1 is 1.55 bits per heavy atom. The van der Waals surface area contributed by atoms with E-state index in [1.165, 1.54) is 0 Å². The summed E-state index contributed by atoms with van der Waals surface area (Å²) in [5.41, 5.74) is 5.73. The minimum absolute atomic E-state index is 0.0685. The van der Waals surface area contributed by atoms with Crippen molar-refractivity contribution in [2.75, 3.05) is 6.61 Å². The zero-order chi connectivity index (χ0) is 8.01. The second kappa shape index (κ2) is 2.81. The number of hydrogen-bond donors (Lipinski definition) is 2. The molecule has 5 heteroatoms. The van der Waals surface area contributed by atoms with Crippen LogP contribution in [-0.2, 0) is 9.47 Å². The molecule has 0 aromatic rings. The van der Waals surface area contributed by atoms with E-state index in [9.17, 15) is 5.11 Å². The normalized spacial score (nSPS) is 56.5. The van der Waals surface area contributed by atoms with Crippen molar-refractivity contribution in [1.82, 2.24) is 0 Å². The second-order valence-electron chi connectivity index (χ2n) is 2.89. The molecule has 0 spiro atoms. The summed E-state index contributed by atoms with van der Waals surface area (Å²) in [7, 11) is 0. The van der Waals surface area contributed by atoms with Crippen LogP contribution in [0.15, 0.2) is 0 Å². The van der Waals surface area contributed by atoms with Crippen LogP contribution in [0.4, 0.5) is 0 Å². The first-order valence-corrected chi connectivity index (χ1v) is 4.79. The molecular weight excluding hydrogens is 261 g/mol. The minimum Gasteiger partial charge on any atom is -0.386 e. The van der Waals surface area contributed by atoms with E-state index < -0.39 is 12.4 Å². The lowest BCUT2D eigenvalue weighted by Crippen LogP contribution is -2.55. The Bertz CT molecular complexity index is 148. The number of aliphatic hydroxyl groups is 1. The Balaban J connectivity index is 2.16. The number of alkyl halides is 1. The van der Waals surface area contributed by atoms with Crippen molar-refractivity contribution in [2.45, 2.75) is 28.5 Å². The molecule has 2 aliphatic rings. The summed E-state index contributed by atoms with van der Waals surface area (Å²) in [6.07, 6.45) is -1.09. The highest BCUT2D eigenvalue weighted by atomic mass is 127. The molecule has 0 amide bonds. The van der Waals surface area contributed by atoms with Crippen molar-refractivity contribution in [2.24, 2.45) is 5.73 Å². The topological polar surface area (TPSA) is 64.7 Å². The summed E-state index contributed by atoms with van der Waals surface area (Å²) < 4.78 is 10.7. The third kappa shape index (κ3) is 1.19. The van der Waals surface area contributed by atoms with Crippen molar-refractivity contribution in [1.29, 1.82) is 0 Å². The van der Waals surface area contributed by atoms with Gasteiger partial charge in [-0.15, -0.1) is 0 Å². The highest BCUT2D eigenvalue weighted by molar-refractivity contribution is 14.1. The van der Waals surface area contributed by atoms with Crippen LogP contribution in [0.3, 0.4) is 0 Å². The highest BCUT2D eigenvalue weighted by Gasteiger charge is 2.47. The van der Waals surface area contributed by atoms with Crippen molar-refractivity contribution < 1.29 is 14.6 Å². The predicted molar refractivity (Wildman–Crippen MR) is 46.4 cm³/mol. The lowest BCUT2D eigenvalue weighted by molar-refractivity contribution is -0.155. The van der Waals surface area contributed by atoms with E-state index in [0.29, 0.717) is 6.61 Å². The maximum atomic E-state index is 9.45. The van der Waals surface area contributed by atoms with Gasteiger partial charge in [-0.3, -0.25) is 0 Å². The number of ether oxygens (including phenoxy) is 2. The van der Waals surface area contributed by atoms with Crippen LogP contribution in [0.5, 0.6) is 0 Å². The van der Waals surface area contributed by atoms with Gasteiger partial charge < -0.3 is 20.3 Å². The van der Waals surface area contributed by atoms with Crippen molar-refractivity contribution in [3.8, 4) is 0 Å². The van der Waals surface area contributed by atoms with Crippen LogP contribution >= 0.6 is 22.6 Å². The summed E-state index contributed by atoms with van der Waals surface area (Å²) in [5.74, 6) is 0. The molecule has 0 saturated carbocycles. The Kier molecular flexibility index (Phi) is 2.09. The number of nitrogens with two attached hydrogens (primary N) is 1. The van der Waals surface area contributed by atoms with E-state index in [0.717, 1.165) is 0 Å². The SMILES string of the molecule is N[C@@H]1[C@H](O)[C@@H]2OC[C@@H](O2)[C@H]1I. The molecule has 0 aliphatic carbocycles. The van der Waals surface area contributed by atoms with Gasteiger partial charge in [0.25, 0.3) is 0 Å². The molecule has 2 heterocycles. The van der Waals surface area contributed by atoms with Crippen molar-refractivity contribution >= 4 is 22.6 Å². The molecule has 4 nitrogen and oxygen atoms in total. The van der Waals surface area contributed by atoms with Crippen LogP contribution in [0.25, 0.3) is 0 Å². The van der Waals surface area contributed by atoms with E-state index in [-0.39, 0.29) is 16.1 Å². The summed E-state index contributed by atoms with van der Waals surface area (Å²) in [4.78, 5) is 0. The lowest BCUT2D eigenvalue weighted by Gasteiger charge is -2.33. The molecular formula is C6H10INO3. The summed E-state index contributed by atoms with van der Waals surface area (Å²) >= 11 is 2.20. The predicted octanol–water partition coefficient (Wildman–Crippen LogP) is -0.767. The third-order valence-electron chi connectivity index (χ3n) is 2.13. The van der Waals surface area contributed by atoms with E-state index >= 15 is 0 Å². The van der Waals surface area contributed by atoms with E-state index in [1.54, 1.807) is 0 Å². The van der Waals surface area contributed by atoms with Gasteiger partial charge in [0.2, 0.25) is 0 Å². The quantitative estimate of drug-likeness (QED) is 0.449. The number of fused-ring (bicyclic) bond motifs is 2. The van der Waals surface area contributed by atoms with Crippen LogP contribution in [-0.4, -0.2) is 40.2 Å². The monoisotopic (exact) mass is 271 g/mol. The molecule has 3 N–H and O–H groups in total. The largest absolute Gasteiger partial charge is 0.386 e. The average Bonchev–Trinajstić information content (AvgIpc) is 2.44. The number of aliphatic hydroxyl groups excluding tert-OH is 1. The van der Waals surface area contributed by atoms with Gasteiger partial charge in [-0.1, -0.05) is 22.6 Å². The molecule has 0 unspecified atom stereocenters. The maximum Gasteiger partial charge on any atom is 0.185 e. The Labute approximate surface area is 78.2 Å². The smallest absolute Gasteiger partial charge is 0.185 e. The Hall–Kier alpha value is 0.570. The number of hydrogen-bond acceptors (Lipinski definition) is 4. The van der Waals surface area contributed by atoms with Gasteiger partial charge in [-0.25, -0.2) is 0 Å². The van der Waals surface area contributed by atoms with Crippen LogP contribution < -0.4 is 5.73 Å². The fourth-order valence-corrected chi connectivity index (χ4v) is 2.21. The molecule has 0 radical (unpaired) electrons. The molecule has 11 heavy (non-hydrogen) atoms. The van der Waals surface area contributed by atoms with Gasteiger partial charge in [-0.2, -0.15) is 0 Å². The van der Waals surface area contributed by atoms with Crippen molar-refractivity contribution in [3.05, 3.63) is 0 Å². The fraction of sp³-hybridized carbons (Fsp3) is 1.00. The van der Waals surface area contributed by atoms with E-state index in [1.807, 2.05) is 0 Å². The second-order valence-corrected chi connectivity index (χ2v) is 4.33. The summed E-state index contributed by atoms with van der Waals surface area (Å²) in [6, 6.07) is -0.221. The average molecular weight is 271 g/mol. The zero-order valence-electron chi connectivity index (χ0n) is 5.81. The molecule has 2 aliphatic heterocycles. The molecule has 64 valence electrons. The highest BCUT2D eigenvalue weighted by Crippen LogP contribution is 2.31. The van der Waals surface area contributed by atoms with Crippen LogP contribution in [0, 0.1) is 0 Å². The van der Waals surface area contributed by atoms with Crippen molar-refractivity contribution in [3.63, 3.8) is 0 Å². The molecule has 0 aromatic carbocycles. The fourth-order valence-electron chi connectivity index (χ4n) is 1.40. The Morgan fingerprint density at radius 2 is 2.27 bits per heavy atom. The van der Waals surface area contributed by atoms with Gasteiger partial charge in [0.15, 0.2) is 6.29 Å². The van der Waals surface area contributed by atoms with Gasteiger partial charge in [-0.05, 0) is 0 Å². The van der Waals surface area contributed by atoms with Crippen LogP contribution in [0.2, 0.25) is 0 Å². The number of halogens is 1. The first-order chi connectivity index (χ1) is 5.20. The molecule has 2 saturated heterocycles. The first-order valence-electron chi connectivity index (χ1n) is 3.55. The van der Waals surface area contributed by atoms with E-state index in [2.05, 4.69) is 22.6 Å². The third-order valence-corrected chi connectivity index (χ3v) is 3.76. The van der Waals surface area contributed by atoms with Gasteiger partial charge in [0.1, 0.15) is 6.10 Å². The van der Waals surface area contributed by atoms with E-state index in [4.69, 9.17) is 15.2 Å². The lowest BCUT2D eigenvalue weighted by atomic mass is 10.0. The molecule has 2 rings (SSSR count). The molecule has 2 fully saturated rings. The summed E-state index contributed by atoms with van der Waals surface area (Å²) in [6.45, 7) is 0.559. The van der Waals surface area contributed by atoms with Gasteiger partial charge in [0, 0.05) is 6.04 Å². The molecule has 0 aromatic heterocycles. The van der Waals surface area contributed by atoms with Gasteiger partial charge >= 0.3 is 0 Å². The zero-order valence-corrected chi connectivity index (χ0v) is 7.97. The van der Waals surface area contributed by atoms with Crippen LogP contribution in [0.1, 0.15) is 0 Å². The standard InChI is InChI=1S/C6H10INO3/c7-3-2-1-10-6(11-2)5(9)4(3)8/h2-6,9H,1,8H2/t2-,3-,4+,5+,6-/m1/s1. The minimum atomic E-state index is -0.671. The summed E-state index contributed by atoms with van der Waals surface area (Å²) in [5, 5.41) is 9.45. The molecule has 2 bridgehead atoms. The first kappa shape index (κ1) is 8.18. The number of rotatable bonds is 0. The molecule has 5 atom stereocenters. The van der Waals surface area contributed by atoms with Gasteiger partial charge in [0.05, 0.1) is 16.6 Å². The maximum absolute atomic E-state index is 9.45.